The highest BCUT2D eigenvalue weighted by Crippen LogP contribution is 2.19. The van der Waals surface area contributed by atoms with Gasteiger partial charge < -0.3 is 4.90 Å². The van der Waals surface area contributed by atoms with Gasteiger partial charge >= 0.3 is 0 Å². The molecule has 1 aliphatic heterocycles. The number of rotatable bonds is 7. The van der Waals surface area contributed by atoms with Gasteiger partial charge in [0.25, 0.3) is 0 Å². The van der Waals surface area contributed by atoms with Gasteiger partial charge in [-0.25, -0.2) is 4.98 Å². The Morgan fingerprint density at radius 3 is 2.77 bits per heavy atom. The highest BCUT2D eigenvalue weighted by Gasteiger charge is 2.21. The number of hydrogen-bond donors (Lipinski definition) is 0. The highest BCUT2D eigenvalue weighted by atomic mass is 15.3. The first-order valence-corrected chi connectivity index (χ1v) is 9.83. The number of nitrogens with zero attached hydrogens (tertiary/aromatic N) is 5. The molecule has 3 rings (SSSR count). The van der Waals surface area contributed by atoms with Gasteiger partial charge in [0.1, 0.15) is 11.6 Å². The van der Waals surface area contributed by atoms with E-state index in [0.717, 1.165) is 37.1 Å². The van der Waals surface area contributed by atoms with Gasteiger partial charge in [0.15, 0.2) is 0 Å². The third-order valence-corrected chi connectivity index (χ3v) is 5.50. The monoisotopic (exact) mass is 355 g/mol. The summed E-state index contributed by atoms with van der Waals surface area (Å²) >= 11 is 0. The molecule has 0 radical (unpaired) electrons. The maximum atomic E-state index is 4.53. The molecule has 0 spiro atoms. The van der Waals surface area contributed by atoms with Crippen LogP contribution in [0.2, 0.25) is 0 Å². The van der Waals surface area contributed by atoms with Crippen LogP contribution >= 0.6 is 0 Å². The molecule has 0 N–H and O–H groups in total. The van der Waals surface area contributed by atoms with Gasteiger partial charge in [0.2, 0.25) is 0 Å². The molecular formula is C21H33N5. The molecule has 2 heterocycles. The Labute approximate surface area is 158 Å². The summed E-state index contributed by atoms with van der Waals surface area (Å²) < 4.78 is 1.90. The molecule has 0 bridgehead atoms. The summed E-state index contributed by atoms with van der Waals surface area (Å²) in [6, 6.07) is 8.78. The summed E-state index contributed by atoms with van der Waals surface area (Å²) in [7, 11) is 4.19. The van der Waals surface area contributed by atoms with Crippen LogP contribution < -0.4 is 0 Å². The topological polar surface area (TPSA) is 37.2 Å². The van der Waals surface area contributed by atoms with E-state index in [1.807, 2.05) is 18.7 Å². The van der Waals surface area contributed by atoms with E-state index >= 15 is 0 Å². The Bertz CT molecular complexity index is 708. The van der Waals surface area contributed by atoms with Gasteiger partial charge in [-0.05, 0) is 63.7 Å². The van der Waals surface area contributed by atoms with E-state index in [4.69, 9.17) is 0 Å². The van der Waals surface area contributed by atoms with Crippen molar-refractivity contribution >= 4 is 0 Å². The normalized spacial score (nSPS) is 18.6. The smallest absolute Gasteiger partial charge is 0.147 e. The summed E-state index contributed by atoms with van der Waals surface area (Å²) in [6.45, 7) is 9.81. The van der Waals surface area contributed by atoms with E-state index in [1.54, 1.807) is 0 Å². The molecule has 1 aliphatic rings. The molecule has 1 aromatic carbocycles. The molecule has 1 saturated heterocycles. The highest BCUT2D eigenvalue weighted by molar-refractivity contribution is 5.25. The van der Waals surface area contributed by atoms with E-state index in [0.29, 0.717) is 0 Å². The molecule has 5 heteroatoms. The molecule has 1 aromatic heterocycles. The van der Waals surface area contributed by atoms with Crippen molar-refractivity contribution in [3.63, 3.8) is 0 Å². The first-order valence-electron chi connectivity index (χ1n) is 9.83. The van der Waals surface area contributed by atoms with Crippen molar-refractivity contribution in [3.8, 4) is 0 Å². The standard InChI is InChI=1S/C21H33N5/c1-17-8-5-6-10-20(17)11-13-26-12-7-9-19(15-26)14-24(3)16-21-22-18(2)23-25(21)4/h5-6,8,10,19H,7,9,11-16H2,1-4H3/t19-/m1/s1. The third-order valence-electron chi connectivity index (χ3n) is 5.50. The van der Waals surface area contributed by atoms with Crippen LogP contribution in [-0.2, 0) is 20.0 Å². The lowest BCUT2D eigenvalue weighted by Gasteiger charge is -2.34. The molecular weight excluding hydrogens is 322 g/mol. The zero-order chi connectivity index (χ0) is 18.5. The molecule has 0 saturated carbocycles. The number of aromatic nitrogens is 3. The van der Waals surface area contributed by atoms with Gasteiger partial charge in [-0.2, -0.15) is 5.10 Å². The van der Waals surface area contributed by atoms with E-state index in [9.17, 15) is 0 Å². The molecule has 1 atom stereocenters. The molecule has 5 nitrogen and oxygen atoms in total. The molecule has 26 heavy (non-hydrogen) atoms. The predicted molar refractivity (Wildman–Crippen MR) is 106 cm³/mol. The van der Waals surface area contributed by atoms with Crippen LogP contribution in [0, 0.1) is 19.8 Å². The van der Waals surface area contributed by atoms with Crippen LogP contribution in [0.4, 0.5) is 0 Å². The van der Waals surface area contributed by atoms with E-state index < -0.39 is 0 Å². The quantitative estimate of drug-likeness (QED) is 0.765. The van der Waals surface area contributed by atoms with Gasteiger partial charge in [-0.3, -0.25) is 9.58 Å². The van der Waals surface area contributed by atoms with Crippen molar-refractivity contribution in [1.82, 2.24) is 24.6 Å². The van der Waals surface area contributed by atoms with Crippen LogP contribution in [0.5, 0.6) is 0 Å². The summed E-state index contributed by atoms with van der Waals surface area (Å²) in [5.41, 5.74) is 2.91. The molecule has 2 aromatic rings. The third kappa shape index (κ3) is 5.15. The molecule has 0 amide bonds. The molecule has 142 valence electrons. The average Bonchev–Trinajstić information content (AvgIpc) is 2.91. The van der Waals surface area contributed by atoms with E-state index in [2.05, 4.69) is 58.1 Å². The Morgan fingerprint density at radius 2 is 2.04 bits per heavy atom. The average molecular weight is 356 g/mol. The van der Waals surface area contributed by atoms with Crippen LogP contribution in [0.3, 0.4) is 0 Å². The Kier molecular flexibility index (Phi) is 6.43. The van der Waals surface area contributed by atoms with Crippen molar-refractivity contribution in [2.75, 3.05) is 33.2 Å². The second kappa shape index (κ2) is 8.78. The van der Waals surface area contributed by atoms with Crippen molar-refractivity contribution in [2.45, 2.75) is 39.7 Å². The maximum absolute atomic E-state index is 4.53. The molecule has 0 unspecified atom stereocenters. The number of benzene rings is 1. The van der Waals surface area contributed by atoms with Crippen LogP contribution in [0.25, 0.3) is 0 Å². The van der Waals surface area contributed by atoms with Crippen LogP contribution in [0.15, 0.2) is 24.3 Å². The van der Waals surface area contributed by atoms with Gasteiger partial charge in [-0.15, -0.1) is 0 Å². The summed E-state index contributed by atoms with van der Waals surface area (Å²) in [6.07, 6.45) is 3.81. The van der Waals surface area contributed by atoms with Crippen LogP contribution in [-0.4, -0.2) is 57.8 Å². The van der Waals surface area contributed by atoms with Crippen molar-refractivity contribution < 1.29 is 0 Å². The maximum Gasteiger partial charge on any atom is 0.147 e. The van der Waals surface area contributed by atoms with Gasteiger partial charge in [-0.1, -0.05) is 24.3 Å². The molecule has 1 fully saturated rings. The second-order valence-corrected chi connectivity index (χ2v) is 7.88. The number of hydrogen-bond acceptors (Lipinski definition) is 4. The van der Waals surface area contributed by atoms with Gasteiger partial charge in [0, 0.05) is 26.7 Å². The lowest BCUT2D eigenvalue weighted by atomic mass is 9.96. The predicted octanol–water partition coefficient (Wildman–Crippen LogP) is 2.82. The largest absolute Gasteiger partial charge is 0.303 e. The first kappa shape index (κ1) is 19.1. The Balaban J connectivity index is 1.47. The van der Waals surface area contributed by atoms with Crippen molar-refractivity contribution in [2.24, 2.45) is 13.0 Å². The first-order chi connectivity index (χ1) is 12.5. The minimum Gasteiger partial charge on any atom is -0.303 e. The zero-order valence-electron chi connectivity index (χ0n) is 16.8. The second-order valence-electron chi connectivity index (χ2n) is 7.88. The van der Waals surface area contributed by atoms with E-state index in [1.165, 1.54) is 43.6 Å². The van der Waals surface area contributed by atoms with Crippen LogP contribution in [0.1, 0.15) is 35.6 Å². The SMILES string of the molecule is Cc1nc(CN(C)C[C@H]2CCCN(CCc3ccccc3C)C2)n(C)n1. The van der Waals surface area contributed by atoms with Crippen molar-refractivity contribution in [1.29, 1.82) is 0 Å². The zero-order valence-corrected chi connectivity index (χ0v) is 16.8. The fourth-order valence-electron chi connectivity index (χ4n) is 4.11. The fourth-order valence-corrected chi connectivity index (χ4v) is 4.11. The number of likely N-dealkylation sites (tertiary alicyclic amines) is 1. The Morgan fingerprint density at radius 1 is 1.23 bits per heavy atom. The van der Waals surface area contributed by atoms with E-state index in [-0.39, 0.29) is 0 Å². The minimum atomic E-state index is 0.750. The lowest BCUT2D eigenvalue weighted by molar-refractivity contribution is 0.141. The number of aryl methyl sites for hydroxylation is 3. The summed E-state index contributed by atoms with van der Waals surface area (Å²) in [4.78, 5) is 9.58. The fraction of sp³-hybridized carbons (Fsp3) is 0.619. The van der Waals surface area contributed by atoms with Gasteiger partial charge in [0.05, 0.1) is 6.54 Å². The Hall–Kier alpha value is -1.72. The summed E-state index contributed by atoms with van der Waals surface area (Å²) in [5.74, 6) is 2.66. The lowest BCUT2D eigenvalue weighted by Crippen LogP contribution is -2.41. The van der Waals surface area contributed by atoms with Crippen molar-refractivity contribution in [3.05, 3.63) is 47.0 Å². The number of piperidine rings is 1. The molecule has 0 aliphatic carbocycles. The summed E-state index contributed by atoms with van der Waals surface area (Å²) in [5, 5.41) is 4.35. The minimum absolute atomic E-state index is 0.750.